The summed E-state index contributed by atoms with van der Waals surface area (Å²) in [4.78, 5) is 29.8. The standard InChI is InChI=1S/C24H29N3O6Si/c1-31-19-10-16-17(11-20(19)32-2)24(30)27(13-21(28)29)22-15-6-7-26(23(15)25-12-18(16)22)14-33-8-9-34(3,4)5/h6-7,10-12H,8-9,13-14H2,1-5H3,(H,28,29). The predicted octanol–water partition coefficient (Wildman–Crippen LogP) is 3.92. The number of carboxylic acids is 1. The van der Waals surface area contributed by atoms with Crippen LogP contribution in [0.4, 0.5) is 0 Å². The maximum absolute atomic E-state index is 13.5. The van der Waals surface area contributed by atoms with E-state index in [0.717, 1.165) is 6.04 Å². The number of benzene rings is 1. The highest BCUT2D eigenvalue weighted by atomic mass is 28.3. The van der Waals surface area contributed by atoms with E-state index in [4.69, 9.17) is 14.2 Å². The van der Waals surface area contributed by atoms with Gasteiger partial charge in [-0.2, -0.15) is 0 Å². The van der Waals surface area contributed by atoms with Crippen LogP contribution in [0, 0.1) is 0 Å². The molecule has 0 fully saturated rings. The number of nitrogens with zero attached hydrogens (tertiary/aromatic N) is 3. The average Bonchev–Trinajstić information content (AvgIpc) is 3.20. The van der Waals surface area contributed by atoms with Crippen molar-refractivity contribution in [2.24, 2.45) is 0 Å². The van der Waals surface area contributed by atoms with E-state index in [0.29, 0.717) is 57.5 Å². The Hall–Kier alpha value is -3.37. The van der Waals surface area contributed by atoms with Crippen LogP contribution < -0.4 is 15.0 Å². The lowest BCUT2D eigenvalue weighted by molar-refractivity contribution is -0.137. The molecule has 0 unspecified atom stereocenters. The van der Waals surface area contributed by atoms with Gasteiger partial charge in [-0.15, -0.1) is 0 Å². The fourth-order valence-electron chi connectivity index (χ4n) is 4.07. The number of carboxylic acid groups (broad SMARTS) is 1. The van der Waals surface area contributed by atoms with Crippen LogP contribution >= 0.6 is 0 Å². The quantitative estimate of drug-likeness (QED) is 0.219. The first-order valence-electron chi connectivity index (χ1n) is 11.0. The second-order valence-corrected chi connectivity index (χ2v) is 15.1. The minimum Gasteiger partial charge on any atom is -0.493 e. The lowest BCUT2D eigenvalue weighted by Crippen LogP contribution is -2.25. The summed E-state index contributed by atoms with van der Waals surface area (Å²) in [6, 6.07) is 6.21. The van der Waals surface area contributed by atoms with Gasteiger partial charge in [-0.25, -0.2) is 4.98 Å². The molecule has 0 aliphatic carbocycles. The number of methoxy groups -OCH3 is 2. The van der Waals surface area contributed by atoms with Gasteiger partial charge in [-0.3, -0.25) is 14.2 Å². The van der Waals surface area contributed by atoms with E-state index in [9.17, 15) is 14.7 Å². The van der Waals surface area contributed by atoms with Gasteiger partial charge in [0, 0.05) is 43.2 Å². The van der Waals surface area contributed by atoms with Gasteiger partial charge in [-0.1, -0.05) is 19.6 Å². The van der Waals surface area contributed by atoms with E-state index in [1.807, 2.05) is 16.8 Å². The molecule has 4 aromatic rings. The number of fused-ring (bicyclic) bond motifs is 5. The zero-order chi connectivity index (χ0) is 24.6. The van der Waals surface area contributed by atoms with Crippen LogP contribution in [0.1, 0.15) is 0 Å². The summed E-state index contributed by atoms with van der Waals surface area (Å²) in [7, 11) is 1.81. The van der Waals surface area contributed by atoms with Crippen molar-refractivity contribution in [1.82, 2.24) is 14.1 Å². The molecule has 10 heteroatoms. The van der Waals surface area contributed by atoms with Crippen molar-refractivity contribution in [2.75, 3.05) is 20.8 Å². The highest BCUT2D eigenvalue weighted by Gasteiger charge is 2.20. The summed E-state index contributed by atoms with van der Waals surface area (Å²) in [6.45, 7) is 7.41. The monoisotopic (exact) mass is 483 g/mol. The molecule has 3 heterocycles. The van der Waals surface area contributed by atoms with Crippen LogP contribution in [0.25, 0.3) is 32.7 Å². The number of rotatable bonds is 9. The number of aromatic nitrogens is 3. The van der Waals surface area contributed by atoms with Crippen LogP contribution in [0.2, 0.25) is 25.7 Å². The van der Waals surface area contributed by atoms with Crippen molar-refractivity contribution in [3.8, 4) is 11.5 Å². The highest BCUT2D eigenvalue weighted by molar-refractivity contribution is 6.76. The van der Waals surface area contributed by atoms with Crippen molar-refractivity contribution in [2.45, 2.75) is 39.0 Å². The topological polar surface area (TPSA) is 105 Å². The molecule has 3 aromatic heterocycles. The Morgan fingerprint density at radius 1 is 1.06 bits per heavy atom. The van der Waals surface area contributed by atoms with Crippen molar-refractivity contribution in [1.29, 1.82) is 0 Å². The molecule has 0 saturated heterocycles. The van der Waals surface area contributed by atoms with Gasteiger partial charge in [0.1, 0.15) is 18.9 Å². The van der Waals surface area contributed by atoms with Crippen molar-refractivity contribution in [3.05, 3.63) is 40.9 Å². The molecule has 180 valence electrons. The zero-order valence-corrected chi connectivity index (χ0v) is 21.0. The Kier molecular flexibility index (Phi) is 6.37. The Bertz CT molecular complexity index is 1450. The molecule has 34 heavy (non-hydrogen) atoms. The summed E-state index contributed by atoms with van der Waals surface area (Å²) in [6.07, 6.45) is 3.52. The second kappa shape index (κ2) is 9.11. The smallest absolute Gasteiger partial charge is 0.323 e. The van der Waals surface area contributed by atoms with Crippen LogP contribution in [0.3, 0.4) is 0 Å². The molecule has 4 rings (SSSR count). The average molecular weight is 484 g/mol. The van der Waals surface area contributed by atoms with Gasteiger partial charge in [0.05, 0.1) is 25.1 Å². The van der Waals surface area contributed by atoms with Gasteiger partial charge in [0.2, 0.25) is 0 Å². The Labute approximate surface area is 197 Å². The maximum atomic E-state index is 13.5. The summed E-state index contributed by atoms with van der Waals surface area (Å²) < 4.78 is 19.8. The molecule has 0 spiro atoms. The van der Waals surface area contributed by atoms with E-state index >= 15 is 0 Å². The lowest BCUT2D eigenvalue weighted by Gasteiger charge is -2.16. The van der Waals surface area contributed by atoms with E-state index in [1.54, 1.807) is 18.3 Å². The molecule has 0 radical (unpaired) electrons. The fourth-order valence-corrected chi connectivity index (χ4v) is 4.83. The van der Waals surface area contributed by atoms with E-state index < -0.39 is 26.1 Å². The van der Waals surface area contributed by atoms with Crippen LogP contribution in [-0.2, 0) is 22.8 Å². The molecule has 1 aromatic carbocycles. The summed E-state index contributed by atoms with van der Waals surface area (Å²) >= 11 is 0. The van der Waals surface area contributed by atoms with Gasteiger partial charge in [0.25, 0.3) is 5.56 Å². The van der Waals surface area contributed by atoms with Crippen LogP contribution in [-0.4, -0.2) is 54.1 Å². The van der Waals surface area contributed by atoms with Crippen molar-refractivity contribution < 1.29 is 24.1 Å². The Morgan fingerprint density at radius 2 is 1.74 bits per heavy atom. The number of carbonyl (C=O) groups is 1. The SMILES string of the molecule is COc1cc2c(=O)n(CC(=O)O)c3c(cnc4c3ccn4COCC[Si](C)(C)C)c2cc1OC. The fraction of sp³-hybridized carbons (Fsp3) is 0.375. The predicted molar refractivity (Wildman–Crippen MR) is 134 cm³/mol. The highest BCUT2D eigenvalue weighted by Crippen LogP contribution is 2.35. The molecule has 0 aliphatic heterocycles. The lowest BCUT2D eigenvalue weighted by atomic mass is 10.0. The van der Waals surface area contributed by atoms with Crippen LogP contribution in [0.5, 0.6) is 11.5 Å². The van der Waals surface area contributed by atoms with E-state index in [1.165, 1.54) is 18.8 Å². The minimum absolute atomic E-state index is 0.328. The molecule has 0 saturated carbocycles. The van der Waals surface area contributed by atoms with E-state index in [2.05, 4.69) is 24.6 Å². The third-order valence-corrected chi connectivity index (χ3v) is 7.54. The van der Waals surface area contributed by atoms with E-state index in [-0.39, 0.29) is 0 Å². The molecular formula is C24H29N3O6Si. The maximum Gasteiger partial charge on any atom is 0.323 e. The Morgan fingerprint density at radius 3 is 2.35 bits per heavy atom. The van der Waals surface area contributed by atoms with Gasteiger partial charge < -0.3 is 23.9 Å². The van der Waals surface area contributed by atoms with Gasteiger partial charge in [-0.05, 0) is 24.2 Å². The van der Waals surface area contributed by atoms with Crippen molar-refractivity contribution >= 4 is 46.8 Å². The number of hydrogen-bond acceptors (Lipinski definition) is 6. The minimum atomic E-state index is -1.20. The summed E-state index contributed by atoms with van der Waals surface area (Å²) in [5.41, 5.74) is 0.717. The van der Waals surface area contributed by atoms with Crippen LogP contribution in [0.15, 0.2) is 35.4 Å². The summed E-state index contributed by atoms with van der Waals surface area (Å²) in [5, 5.41) is 11.8. The zero-order valence-electron chi connectivity index (χ0n) is 20.0. The molecular weight excluding hydrogens is 454 g/mol. The molecule has 0 amide bonds. The first-order chi connectivity index (χ1) is 16.1. The number of aliphatic carboxylic acids is 1. The second-order valence-electron chi connectivity index (χ2n) is 9.43. The molecule has 0 atom stereocenters. The molecule has 0 bridgehead atoms. The molecule has 9 nitrogen and oxygen atoms in total. The number of pyridine rings is 2. The van der Waals surface area contributed by atoms with Gasteiger partial charge in [0.15, 0.2) is 11.5 Å². The normalized spacial score (nSPS) is 12.0. The van der Waals surface area contributed by atoms with Crippen molar-refractivity contribution in [3.63, 3.8) is 0 Å². The van der Waals surface area contributed by atoms with Gasteiger partial charge >= 0.3 is 5.97 Å². The first-order valence-corrected chi connectivity index (χ1v) is 14.7. The first kappa shape index (κ1) is 23.8. The largest absolute Gasteiger partial charge is 0.493 e. The third-order valence-electron chi connectivity index (χ3n) is 5.84. The number of ether oxygens (including phenoxy) is 3. The third kappa shape index (κ3) is 4.38. The molecule has 1 N–H and O–H groups in total. The Balaban J connectivity index is 1.93. The number of hydrogen-bond donors (Lipinski definition) is 1. The summed E-state index contributed by atoms with van der Waals surface area (Å²) in [5.74, 6) is -0.244. The molecule has 0 aliphatic rings.